The van der Waals surface area contributed by atoms with E-state index in [1.54, 1.807) is 13.0 Å². The molecule has 7 heteroatoms. The average Bonchev–Trinajstić information content (AvgIpc) is 2.40. The maximum absolute atomic E-state index is 11.6. The highest BCUT2D eigenvalue weighted by molar-refractivity contribution is 6.32. The smallest absolute Gasteiger partial charge is 0.355 e. The number of nitrogen functional groups attached to an aromatic ring is 1. The van der Waals surface area contributed by atoms with E-state index in [0.717, 1.165) is 0 Å². The fourth-order valence-electron chi connectivity index (χ4n) is 1.32. The van der Waals surface area contributed by atoms with Crippen LogP contribution >= 0.6 is 11.6 Å². The van der Waals surface area contributed by atoms with Crippen molar-refractivity contribution in [1.29, 1.82) is 0 Å². The molecule has 0 saturated heterocycles. The van der Waals surface area contributed by atoms with Gasteiger partial charge in [-0.25, -0.2) is 9.79 Å². The van der Waals surface area contributed by atoms with E-state index in [2.05, 4.69) is 15.0 Å². The second-order valence-electron chi connectivity index (χ2n) is 3.43. The van der Waals surface area contributed by atoms with Gasteiger partial charge in [0.05, 0.1) is 6.54 Å². The summed E-state index contributed by atoms with van der Waals surface area (Å²) < 4.78 is 1.27. The maximum Gasteiger partial charge on any atom is 0.355 e. The molecular weight excluding hydrogens is 242 g/mol. The molecule has 88 valence electrons. The molecule has 0 atom stereocenters. The van der Waals surface area contributed by atoms with Crippen LogP contribution in [0, 0.1) is 0 Å². The lowest BCUT2D eigenvalue weighted by atomic mass is 10.4. The number of allylic oxidation sites excluding steroid dienone is 1. The van der Waals surface area contributed by atoms with E-state index in [4.69, 9.17) is 17.3 Å². The van der Waals surface area contributed by atoms with Crippen molar-refractivity contribution in [1.82, 2.24) is 9.55 Å². The van der Waals surface area contributed by atoms with Gasteiger partial charge in [0.1, 0.15) is 17.5 Å². The maximum atomic E-state index is 11.6. The molecule has 0 spiro atoms. The van der Waals surface area contributed by atoms with Crippen LogP contribution in [0.15, 0.2) is 38.2 Å². The molecule has 1 aliphatic heterocycles. The second kappa shape index (κ2) is 4.50. The Morgan fingerprint density at radius 2 is 2.29 bits per heavy atom. The number of nitrogens with two attached hydrogens (primary N) is 1. The predicted octanol–water partition coefficient (Wildman–Crippen LogP) is 0.627. The average molecular weight is 252 g/mol. The Morgan fingerprint density at radius 3 is 3.00 bits per heavy atom. The van der Waals surface area contributed by atoms with Gasteiger partial charge in [-0.1, -0.05) is 11.6 Å². The molecule has 0 aliphatic carbocycles. The Labute approximate surface area is 102 Å². The third-order valence-electron chi connectivity index (χ3n) is 2.09. The van der Waals surface area contributed by atoms with Gasteiger partial charge in [-0.15, -0.1) is 0 Å². The topological polar surface area (TPSA) is 85.6 Å². The van der Waals surface area contributed by atoms with Crippen LogP contribution in [0.4, 0.5) is 5.82 Å². The zero-order valence-corrected chi connectivity index (χ0v) is 9.85. The van der Waals surface area contributed by atoms with E-state index < -0.39 is 5.69 Å². The van der Waals surface area contributed by atoms with Crippen LogP contribution in [-0.4, -0.2) is 27.8 Å². The minimum atomic E-state index is -0.501. The van der Waals surface area contributed by atoms with Gasteiger partial charge in [-0.05, 0) is 19.1 Å². The normalized spacial score (nSPS) is 15.8. The van der Waals surface area contributed by atoms with Crippen molar-refractivity contribution < 1.29 is 0 Å². The van der Waals surface area contributed by atoms with Gasteiger partial charge in [0, 0.05) is 11.2 Å². The third-order valence-corrected chi connectivity index (χ3v) is 2.32. The molecule has 2 N–H and O–H groups in total. The van der Waals surface area contributed by atoms with Crippen LogP contribution in [0.5, 0.6) is 0 Å². The number of anilines is 1. The van der Waals surface area contributed by atoms with E-state index in [1.807, 2.05) is 0 Å². The molecule has 0 aromatic carbocycles. The molecule has 17 heavy (non-hydrogen) atoms. The van der Waals surface area contributed by atoms with Crippen molar-refractivity contribution in [2.75, 3.05) is 12.3 Å². The summed E-state index contributed by atoms with van der Waals surface area (Å²) in [5.74, 6) is 1.10. The molecule has 2 rings (SSSR count). The quantitative estimate of drug-likeness (QED) is 0.734. The molecule has 6 nitrogen and oxygen atoms in total. The summed E-state index contributed by atoms with van der Waals surface area (Å²) in [7, 11) is 0. The van der Waals surface area contributed by atoms with E-state index in [-0.39, 0.29) is 5.82 Å². The number of hydrogen-bond donors (Lipinski definition) is 1. The molecular formula is C10H10ClN5O. The number of rotatable bonds is 0. The first kappa shape index (κ1) is 11.5. The first-order valence-electron chi connectivity index (χ1n) is 4.87. The molecule has 1 aliphatic rings. The van der Waals surface area contributed by atoms with Crippen molar-refractivity contribution in [2.45, 2.75) is 6.92 Å². The van der Waals surface area contributed by atoms with Gasteiger partial charge in [0.25, 0.3) is 0 Å². The summed E-state index contributed by atoms with van der Waals surface area (Å²) in [6.45, 7) is 2.09. The van der Waals surface area contributed by atoms with Crippen LogP contribution in [0.1, 0.15) is 6.92 Å². The van der Waals surface area contributed by atoms with Gasteiger partial charge in [-0.2, -0.15) is 4.98 Å². The van der Waals surface area contributed by atoms with Crippen LogP contribution in [0.3, 0.4) is 0 Å². The number of aliphatic imine (C=N–C) groups is 2. The molecule has 0 bridgehead atoms. The van der Waals surface area contributed by atoms with Gasteiger partial charge < -0.3 is 5.73 Å². The summed E-state index contributed by atoms with van der Waals surface area (Å²) in [4.78, 5) is 23.5. The fourth-order valence-corrected chi connectivity index (χ4v) is 1.48. The number of hydrogen-bond acceptors (Lipinski definition) is 5. The number of aromatic nitrogens is 2. The largest absolute Gasteiger partial charge is 0.383 e. The van der Waals surface area contributed by atoms with Crippen molar-refractivity contribution in [3.05, 3.63) is 33.9 Å². The summed E-state index contributed by atoms with van der Waals surface area (Å²) >= 11 is 5.93. The van der Waals surface area contributed by atoms with E-state index in [0.29, 0.717) is 23.2 Å². The minimum absolute atomic E-state index is 0.168. The van der Waals surface area contributed by atoms with Gasteiger partial charge in [0.15, 0.2) is 0 Å². The molecule has 0 unspecified atom stereocenters. The molecule has 0 radical (unpaired) electrons. The monoisotopic (exact) mass is 251 g/mol. The summed E-state index contributed by atoms with van der Waals surface area (Å²) in [5, 5.41) is 0.504. The zero-order valence-electron chi connectivity index (χ0n) is 9.09. The predicted molar refractivity (Wildman–Crippen MR) is 67.7 cm³/mol. The SMILES string of the molecule is CC1=NCC(Cl)=CC(n2ccc(N)nc2=O)=N1. The summed E-state index contributed by atoms with van der Waals surface area (Å²) in [5.41, 5.74) is 4.91. The highest BCUT2D eigenvalue weighted by Crippen LogP contribution is 2.07. The summed E-state index contributed by atoms with van der Waals surface area (Å²) in [6, 6.07) is 1.52. The van der Waals surface area contributed by atoms with E-state index in [9.17, 15) is 4.79 Å². The van der Waals surface area contributed by atoms with Gasteiger partial charge >= 0.3 is 5.69 Å². The molecule has 0 amide bonds. The Morgan fingerprint density at radius 1 is 1.53 bits per heavy atom. The van der Waals surface area contributed by atoms with Crippen molar-refractivity contribution in [2.24, 2.45) is 9.98 Å². The van der Waals surface area contributed by atoms with E-state index in [1.165, 1.54) is 16.8 Å². The number of amidine groups is 1. The molecule has 1 aromatic heterocycles. The molecule has 2 heterocycles. The lowest BCUT2D eigenvalue weighted by molar-refractivity contribution is 0.971. The van der Waals surface area contributed by atoms with Crippen molar-refractivity contribution in [3.8, 4) is 0 Å². The standard InChI is InChI=1S/C10H10ClN5O/c1-6-13-5-7(11)4-9(14-6)16-3-2-8(12)15-10(16)17/h2-4H,5H2,1H3,(H2,12,15,17). The lowest BCUT2D eigenvalue weighted by Gasteiger charge is -2.04. The van der Waals surface area contributed by atoms with Crippen LogP contribution < -0.4 is 11.4 Å². The number of halogens is 1. The minimum Gasteiger partial charge on any atom is -0.383 e. The Hall–Kier alpha value is -1.95. The molecule has 0 fully saturated rings. The first-order valence-corrected chi connectivity index (χ1v) is 5.25. The van der Waals surface area contributed by atoms with Gasteiger partial charge in [0.2, 0.25) is 0 Å². The van der Waals surface area contributed by atoms with Crippen LogP contribution in [0.2, 0.25) is 0 Å². The van der Waals surface area contributed by atoms with E-state index >= 15 is 0 Å². The highest BCUT2D eigenvalue weighted by Gasteiger charge is 2.08. The fraction of sp³-hybridized carbons (Fsp3) is 0.200. The second-order valence-corrected chi connectivity index (χ2v) is 3.92. The molecule has 0 saturated carbocycles. The molecule has 1 aromatic rings. The zero-order chi connectivity index (χ0) is 12.4. The summed E-state index contributed by atoms with van der Waals surface area (Å²) in [6.07, 6.45) is 3.09. The van der Waals surface area contributed by atoms with Crippen LogP contribution in [-0.2, 0) is 0 Å². The van der Waals surface area contributed by atoms with Crippen molar-refractivity contribution in [3.63, 3.8) is 0 Å². The third kappa shape index (κ3) is 2.59. The first-order chi connectivity index (χ1) is 8.06. The van der Waals surface area contributed by atoms with Gasteiger partial charge in [-0.3, -0.25) is 9.56 Å². The number of nitrogens with zero attached hydrogens (tertiary/aromatic N) is 4. The lowest BCUT2D eigenvalue weighted by Crippen LogP contribution is -2.28. The Balaban J connectivity index is 2.56. The highest BCUT2D eigenvalue weighted by atomic mass is 35.5. The van der Waals surface area contributed by atoms with Crippen LogP contribution in [0.25, 0.3) is 0 Å². The Bertz CT molecular complexity index is 599. The van der Waals surface area contributed by atoms with Crippen molar-refractivity contribution >= 4 is 29.1 Å². The Kier molecular flexibility index (Phi) is 3.06.